The van der Waals surface area contributed by atoms with Gasteiger partial charge in [-0.05, 0) is 36.8 Å². The van der Waals surface area contributed by atoms with Crippen LogP contribution in [0.4, 0.5) is 0 Å². The summed E-state index contributed by atoms with van der Waals surface area (Å²) in [6, 6.07) is 10.0. The van der Waals surface area contributed by atoms with Crippen molar-refractivity contribution < 1.29 is 38.7 Å². The lowest BCUT2D eigenvalue weighted by Crippen LogP contribution is -2.52. The molecule has 3 atom stereocenters. The molecule has 0 aromatic heterocycles. The molecule has 30 heavy (non-hydrogen) atoms. The number of benzene rings is 2. The lowest BCUT2D eigenvalue weighted by Gasteiger charge is -2.46. The van der Waals surface area contributed by atoms with Gasteiger partial charge in [-0.3, -0.25) is 0 Å². The van der Waals surface area contributed by atoms with Gasteiger partial charge in [0.05, 0.1) is 21.3 Å². The van der Waals surface area contributed by atoms with Crippen LogP contribution in [0.15, 0.2) is 36.4 Å². The molecule has 0 unspecified atom stereocenters. The lowest BCUT2D eigenvalue weighted by atomic mass is 9.77. The van der Waals surface area contributed by atoms with Gasteiger partial charge in [0.15, 0.2) is 17.6 Å². The average molecular weight is 417 g/mol. The normalized spacial score (nSPS) is 22.6. The maximum atomic E-state index is 11.6. The molecule has 1 aliphatic rings. The topological polar surface area (TPSA) is 107 Å². The Kier molecular flexibility index (Phi) is 6.38. The Morgan fingerprint density at radius 1 is 1.10 bits per heavy atom. The van der Waals surface area contributed by atoms with Crippen LogP contribution in [0, 0.1) is 0 Å². The number of rotatable bonds is 8. The SMILES string of the molecule is CCO[C@H]1c2ccc(OC)cc2O[C@@H](c2ccc(OC)c(OC)c2)[C@@]1(O)CC(=O)[O-]. The van der Waals surface area contributed by atoms with E-state index in [2.05, 4.69) is 0 Å². The van der Waals surface area contributed by atoms with Crippen LogP contribution in [0.1, 0.15) is 36.7 Å². The van der Waals surface area contributed by atoms with Crippen molar-refractivity contribution in [2.45, 2.75) is 31.2 Å². The summed E-state index contributed by atoms with van der Waals surface area (Å²) in [6.45, 7) is 2.02. The van der Waals surface area contributed by atoms with E-state index in [9.17, 15) is 15.0 Å². The Bertz CT molecular complexity index is 912. The van der Waals surface area contributed by atoms with E-state index in [-0.39, 0.29) is 6.61 Å². The van der Waals surface area contributed by atoms with Crippen LogP contribution in [0.5, 0.6) is 23.0 Å². The van der Waals surface area contributed by atoms with Crippen molar-refractivity contribution >= 4 is 5.97 Å². The van der Waals surface area contributed by atoms with E-state index in [1.807, 2.05) is 0 Å². The van der Waals surface area contributed by atoms with E-state index in [0.717, 1.165) is 0 Å². The van der Waals surface area contributed by atoms with Crippen molar-refractivity contribution in [1.29, 1.82) is 0 Å². The molecular formula is C22H25O8-. The lowest BCUT2D eigenvalue weighted by molar-refractivity contribution is -0.314. The summed E-state index contributed by atoms with van der Waals surface area (Å²) in [5.74, 6) is 0.465. The van der Waals surface area contributed by atoms with Crippen molar-refractivity contribution in [3.05, 3.63) is 47.5 Å². The van der Waals surface area contributed by atoms with Crippen LogP contribution in [-0.2, 0) is 9.53 Å². The highest BCUT2D eigenvalue weighted by Gasteiger charge is 2.52. The Hall–Kier alpha value is -2.97. The number of aliphatic hydroxyl groups is 1. The van der Waals surface area contributed by atoms with Crippen LogP contribution in [0.2, 0.25) is 0 Å². The molecule has 0 amide bonds. The third kappa shape index (κ3) is 3.88. The Balaban J connectivity index is 2.19. The second kappa shape index (κ2) is 8.81. The molecule has 0 spiro atoms. The average Bonchev–Trinajstić information content (AvgIpc) is 2.74. The van der Waals surface area contributed by atoms with Crippen LogP contribution < -0.4 is 24.1 Å². The van der Waals surface area contributed by atoms with Gasteiger partial charge in [-0.15, -0.1) is 0 Å². The Morgan fingerprint density at radius 3 is 2.43 bits per heavy atom. The molecule has 162 valence electrons. The fourth-order valence-electron chi connectivity index (χ4n) is 3.79. The predicted octanol–water partition coefficient (Wildman–Crippen LogP) is 1.79. The largest absolute Gasteiger partial charge is 0.550 e. The van der Waals surface area contributed by atoms with Gasteiger partial charge in [0, 0.05) is 30.6 Å². The first-order valence-corrected chi connectivity index (χ1v) is 9.48. The monoisotopic (exact) mass is 417 g/mol. The molecule has 0 fully saturated rings. The molecule has 1 heterocycles. The molecule has 1 aliphatic heterocycles. The quantitative estimate of drug-likeness (QED) is 0.693. The van der Waals surface area contributed by atoms with Gasteiger partial charge in [-0.25, -0.2) is 0 Å². The summed E-state index contributed by atoms with van der Waals surface area (Å²) < 4.78 is 27.9. The van der Waals surface area contributed by atoms with E-state index in [4.69, 9.17) is 23.7 Å². The second-order valence-corrected chi connectivity index (χ2v) is 6.89. The Morgan fingerprint density at radius 2 is 1.83 bits per heavy atom. The molecule has 2 aromatic rings. The molecule has 0 aliphatic carbocycles. The molecule has 3 rings (SSSR count). The molecule has 8 heteroatoms. The number of aliphatic carboxylic acids is 1. The Labute approximate surface area is 174 Å². The highest BCUT2D eigenvalue weighted by Crippen LogP contribution is 2.52. The number of hydrogen-bond acceptors (Lipinski definition) is 8. The van der Waals surface area contributed by atoms with Crippen molar-refractivity contribution in [2.24, 2.45) is 0 Å². The van der Waals surface area contributed by atoms with E-state index >= 15 is 0 Å². The number of methoxy groups -OCH3 is 3. The maximum Gasteiger partial charge on any atom is 0.161 e. The van der Waals surface area contributed by atoms with Gasteiger partial charge < -0.3 is 38.7 Å². The van der Waals surface area contributed by atoms with Crippen molar-refractivity contribution in [2.75, 3.05) is 27.9 Å². The molecule has 1 N–H and O–H groups in total. The summed E-state index contributed by atoms with van der Waals surface area (Å²) >= 11 is 0. The van der Waals surface area contributed by atoms with Gasteiger partial charge in [0.1, 0.15) is 23.2 Å². The minimum atomic E-state index is -1.93. The number of ether oxygens (including phenoxy) is 5. The molecule has 8 nitrogen and oxygen atoms in total. The summed E-state index contributed by atoms with van der Waals surface area (Å²) in [4.78, 5) is 11.6. The molecule has 0 radical (unpaired) electrons. The van der Waals surface area contributed by atoms with Gasteiger partial charge >= 0.3 is 0 Å². The van der Waals surface area contributed by atoms with Crippen LogP contribution >= 0.6 is 0 Å². The van der Waals surface area contributed by atoms with Crippen LogP contribution in [-0.4, -0.2) is 44.6 Å². The van der Waals surface area contributed by atoms with Crippen LogP contribution in [0.25, 0.3) is 0 Å². The van der Waals surface area contributed by atoms with Gasteiger partial charge in [0.25, 0.3) is 0 Å². The van der Waals surface area contributed by atoms with E-state index < -0.39 is 30.2 Å². The molecule has 0 bridgehead atoms. The highest BCUT2D eigenvalue weighted by atomic mass is 16.5. The first kappa shape index (κ1) is 21.7. The number of hydrogen-bond donors (Lipinski definition) is 1. The standard InChI is InChI=1S/C22H26O8/c1-5-29-21-15-8-7-14(26-2)11-17(15)30-20(22(21,25)12-19(23)24)13-6-9-16(27-3)18(10-13)28-4/h6-11,20-21,25H,5,12H2,1-4H3,(H,23,24)/p-1/t20-,21-,22-/m0/s1. The molecule has 0 saturated carbocycles. The zero-order valence-corrected chi connectivity index (χ0v) is 17.3. The van der Waals surface area contributed by atoms with Gasteiger partial charge in [-0.1, -0.05) is 6.07 Å². The second-order valence-electron chi connectivity index (χ2n) is 6.89. The third-order valence-corrected chi connectivity index (χ3v) is 5.13. The fraction of sp³-hybridized carbons (Fsp3) is 0.409. The number of carboxylic acids is 1. The molecule has 2 aromatic carbocycles. The van der Waals surface area contributed by atoms with Crippen LogP contribution in [0.3, 0.4) is 0 Å². The smallest absolute Gasteiger partial charge is 0.161 e. The summed E-state index contributed by atoms with van der Waals surface area (Å²) in [5, 5.41) is 23.2. The third-order valence-electron chi connectivity index (χ3n) is 5.13. The first-order valence-electron chi connectivity index (χ1n) is 9.48. The zero-order chi connectivity index (χ0) is 21.9. The number of fused-ring (bicyclic) bond motifs is 1. The zero-order valence-electron chi connectivity index (χ0n) is 17.3. The molecule has 0 saturated heterocycles. The molecular weight excluding hydrogens is 392 g/mol. The van der Waals surface area contributed by atoms with Crippen molar-refractivity contribution in [3.8, 4) is 23.0 Å². The predicted molar refractivity (Wildman–Crippen MR) is 105 cm³/mol. The summed E-state index contributed by atoms with van der Waals surface area (Å²) in [6.07, 6.45) is -2.73. The fourth-order valence-corrected chi connectivity index (χ4v) is 3.79. The van der Waals surface area contributed by atoms with E-state index in [1.54, 1.807) is 43.3 Å². The minimum Gasteiger partial charge on any atom is -0.550 e. The summed E-state index contributed by atoms with van der Waals surface area (Å²) in [5.41, 5.74) is -0.913. The maximum absolute atomic E-state index is 11.6. The van der Waals surface area contributed by atoms with Crippen molar-refractivity contribution in [1.82, 2.24) is 0 Å². The van der Waals surface area contributed by atoms with E-state index in [0.29, 0.717) is 34.1 Å². The minimum absolute atomic E-state index is 0.254. The van der Waals surface area contributed by atoms with E-state index in [1.165, 1.54) is 21.3 Å². The first-order chi connectivity index (χ1) is 14.4. The van der Waals surface area contributed by atoms with Gasteiger partial charge in [-0.2, -0.15) is 0 Å². The van der Waals surface area contributed by atoms with Crippen molar-refractivity contribution in [3.63, 3.8) is 0 Å². The number of carbonyl (C=O) groups is 1. The number of carboxylic acid groups (broad SMARTS) is 1. The van der Waals surface area contributed by atoms with Gasteiger partial charge in [0.2, 0.25) is 0 Å². The number of carbonyl (C=O) groups excluding carboxylic acids is 1. The summed E-state index contributed by atoms with van der Waals surface area (Å²) in [7, 11) is 4.53. The highest BCUT2D eigenvalue weighted by molar-refractivity contribution is 5.67.